The maximum Gasteiger partial charge on any atom is 0.251 e. The van der Waals surface area contributed by atoms with E-state index in [1.54, 1.807) is 30.3 Å². The molecule has 31 heavy (non-hydrogen) atoms. The number of carbonyl (C=O) groups is 1. The van der Waals surface area contributed by atoms with E-state index in [0.717, 1.165) is 12.8 Å². The molecule has 156 valence electrons. The van der Waals surface area contributed by atoms with Crippen LogP contribution in [0.2, 0.25) is 0 Å². The minimum atomic E-state index is -0.340. The first-order chi connectivity index (χ1) is 15.0. The molecule has 0 saturated heterocycles. The van der Waals surface area contributed by atoms with Crippen molar-refractivity contribution in [1.29, 1.82) is 5.26 Å². The lowest BCUT2D eigenvalue weighted by molar-refractivity contribution is 0.0930. The fourth-order valence-corrected chi connectivity index (χ4v) is 5.02. The largest absolute Gasteiger partial charge is 0.474 e. The summed E-state index contributed by atoms with van der Waals surface area (Å²) in [5.74, 6) is 1.41. The van der Waals surface area contributed by atoms with Crippen LogP contribution in [0.25, 0.3) is 10.9 Å². The molecular weight excluding hydrogens is 395 g/mol. The summed E-state index contributed by atoms with van der Waals surface area (Å²) in [6, 6.07) is 13.2. The van der Waals surface area contributed by atoms with Crippen LogP contribution < -0.4 is 10.1 Å². The molecule has 6 nitrogen and oxygen atoms in total. The van der Waals surface area contributed by atoms with Gasteiger partial charge < -0.3 is 10.1 Å². The van der Waals surface area contributed by atoms with Crippen molar-refractivity contribution in [2.75, 3.05) is 0 Å². The molecule has 0 bridgehead atoms. The van der Waals surface area contributed by atoms with E-state index in [9.17, 15) is 9.18 Å². The zero-order valence-corrected chi connectivity index (χ0v) is 17.0. The summed E-state index contributed by atoms with van der Waals surface area (Å²) < 4.78 is 19.8. The monoisotopic (exact) mass is 416 g/mol. The molecule has 3 aromatic rings. The van der Waals surface area contributed by atoms with Crippen LogP contribution in [0, 0.1) is 34.9 Å². The number of nitrogens with zero attached hydrogens (tertiary/aromatic N) is 3. The van der Waals surface area contributed by atoms with Gasteiger partial charge in [0.1, 0.15) is 18.2 Å². The van der Waals surface area contributed by atoms with Gasteiger partial charge >= 0.3 is 0 Å². The first-order valence-corrected chi connectivity index (χ1v) is 10.4. The summed E-state index contributed by atoms with van der Waals surface area (Å²) in [4.78, 5) is 20.9. The molecule has 2 aliphatic rings. The number of rotatable bonds is 5. The predicted octanol–water partition coefficient (Wildman–Crippen LogP) is 3.86. The normalized spacial score (nSPS) is 24.8. The Hall–Kier alpha value is -3.53. The first-order valence-electron chi connectivity index (χ1n) is 10.4. The maximum absolute atomic E-state index is 13.6. The molecule has 0 aliphatic heterocycles. The number of hydrogen-bond acceptors (Lipinski definition) is 5. The minimum absolute atomic E-state index is 0.0362. The lowest BCUT2D eigenvalue weighted by Gasteiger charge is -2.20. The number of benzene rings is 2. The maximum atomic E-state index is 13.6. The number of nitrogens with one attached hydrogen (secondary N) is 1. The summed E-state index contributed by atoms with van der Waals surface area (Å²) in [6.07, 6.45) is 3.27. The van der Waals surface area contributed by atoms with E-state index in [4.69, 9.17) is 10.00 Å². The number of amides is 1. The average Bonchev–Trinajstić information content (AvgIpc) is 3.29. The Morgan fingerprint density at radius 2 is 1.94 bits per heavy atom. The van der Waals surface area contributed by atoms with E-state index in [0.29, 0.717) is 45.7 Å². The van der Waals surface area contributed by atoms with E-state index in [2.05, 4.69) is 21.4 Å². The number of aromatic nitrogens is 2. The Labute approximate surface area is 179 Å². The predicted molar refractivity (Wildman–Crippen MR) is 112 cm³/mol. The van der Waals surface area contributed by atoms with Crippen LogP contribution in [-0.2, 0) is 0 Å². The number of ether oxygens (including phenoxy) is 1. The topological polar surface area (TPSA) is 87.9 Å². The molecule has 2 saturated carbocycles. The lowest BCUT2D eigenvalue weighted by Crippen LogP contribution is -2.36. The molecule has 2 aromatic carbocycles. The number of halogens is 1. The van der Waals surface area contributed by atoms with E-state index >= 15 is 0 Å². The SMILES string of the molecule is CC(NC(=O)c1ccc(C#N)cc1)C1C2CC(Oc3ncnc4ccc(F)cc34)CC21. The van der Waals surface area contributed by atoms with Gasteiger partial charge in [0.2, 0.25) is 5.88 Å². The fraction of sp³-hybridized carbons (Fsp3) is 0.333. The highest BCUT2D eigenvalue weighted by Gasteiger charge is 2.58. The Kier molecular flexibility index (Phi) is 4.78. The van der Waals surface area contributed by atoms with E-state index in [1.807, 2.05) is 6.92 Å². The van der Waals surface area contributed by atoms with Crippen LogP contribution in [-0.4, -0.2) is 28.0 Å². The number of hydrogen-bond donors (Lipinski definition) is 1. The van der Waals surface area contributed by atoms with E-state index in [-0.39, 0.29) is 23.9 Å². The highest BCUT2D eigenvalue weighted by Crippen LogP contribution is 2.59. The smallest absolute Gasteiger partial charge is 0.251 e. The van der Waals surface area contributed by atoms with Crippen molar-refractivity contribution in [3.63, 3.8) is 0 Å². The third-order valence-electron chi connectivity index (χ3n) is 6.52. The number of nitriles is 1. The quantitative estimate of drug-likeness (QED) is 0.682. The van der Waals surface area contributed by atoms with Crippen LogP contribution in [0.15, 0.2) is 48.8 Å². The van der Waals surface area contributed by atoms with Crippen LogP contribution >= 0.6 is 0 Å². The summed E-state index contributed by atoms with van der Waals surface area (Å²) in [5, 5.41) is 12.6. The lowest BCUT2D eigenvalue weighted by atomic mass is 10.0. The van der Waals surface area contributed by atoms with Gasteiger partial charge in [-0.25, -0.2) is 14.4 Å². The second-order valence-corrected chi connectivity index (χ2v) is 8.41. The fourth-order valence-electron chi connectivity index (χ4n) is 5.02. The molecule has 2 fully saturated rings. The average molecular weight is 416 g/mol. The van der Waals surface area contributed by atoms with Gasteiger partial charge in [0.15, 0.2) is 0 Å². The van der Waals surface area contributed by atoms with Crippen LogP contribution in [0.4, 0.5) is 4.39 Å². The molecule has 1 heterocycles. The van der Waals surface area contributed by atoms with Crippen LogP contribution in [0.1, 0.15) is 35.7 Å². The molecule has 5 rings (SSSR count). The van der Waals surface area contributed by atoms with Crippen molar-refractivity contribution in [3.05, 3.63) is 65.7 Å². The molecule has 1 N–H and O–H groups in total. The Bertz CT molecular complexity index is 1180. The molecular formula is C24H21FN4O2. The highest BCUT2D eigenvalue weighted by molar-refractivity contribution is 5.94. The first kappa shape index (κ1) is 19.4. The van der Waals surface area contributed by atoms with Crippen molar-refractivity contribution in [2.24, 2.45) is 17.8 Å². The summed E-state index contributed by atoms with van der Waals surface area (Å²) in [5.41, 5.74) is 1.75. The second kappa shape index (κ2) is 7.62. The van der Waals surface area contributed by atoms with Gasteiger partial charge in [-0.05, 0) is 80.0 Å². The van der Waals surface area contributed by atoms with Crippen molar-refractivity contribution in [1.82, 2.24) is 15.3 Å². The molecule has 3 atom stereocenters. The zero-order valence-electron chi connectivity index (χ0n) is 17.0. The van der Waals surface area contributed by atoms with Gasteiger partial charge in [0.25, 0.3) is 5.91 Å². The van der Waals surface area contributed by atoms with Gasteiger partial charge in [-0.15, -0.1) is 0 Å². The van der Waals surface area contributed by atoms with E-state index in [1.165, 1.54) is 18.5 Å². The molecule has 2 aliphatic carbocycles. The zero-order chi connectivity index (χ0) is 21.5. The Balaban J connectivity index is 1.18. The van der Waals surface area contributed by atoms with Gasteiger partial charge in [-0.3, -0.25) is 4.79 Å². The van der Waals surface area contributed by atoms with Crippen molar-refractivity contribution >= 4 is 16.8 Å². The number of fused-ring (bicyclic) bond motifs is 2. The Morgan fingerprint density at radius 3 is 2.65 bits per heavy atom. The van der Waals surface area contributed by atoms with E-state index < -0.39 is 0 Å². The van der Waals surface area contributed by atoms with Crippen LogP contribution in [0.3, 0.4) is 0 Å². The van der Waals surface area contributed by atoms with Crippen molar-refractivity contribution in [2.45, 2.75) is 31.9 Å². The third kappa shape index (κ3) is 3.70. The van der Waals surface area contributed by atoms with Gasteiger partial charge in [0.05, 0.1) is 22.5 Å². The molecule has 1 aromatic heterocycles. The molecule has 0 spiro atoms. The van der Waals surface area contributed by atoms with Crippen molar-refractivity contribution in [3.8, 4) is 11.9 Å². The second-order valence-electron chi connectivity index (χ2n) is 8.41. The summed E-state index contributed by atoms with van der Waals surface area (Å²) in [7, 11) is 0. The van der Waals surface area contributed by atoms with Gasteiger partial charge in [0, 0.05) is 11.6 Å². The van der Waals surface area contributed by atoms with Gasteiger partial charge in [-0.1, -0.05) is 0 Å². The van der Waals surface area contributed by atoms with Gasteiger partial charge in [-0.2, -0.15) is 5.26 Å². The molecule has 0 radical (unpaired) electrons. The third-order valence-corrected chi connectivity index (χ3v) is 6.52. The molecule has 7 heteroatoms. The molecule has 3 unspecified atom stereocenters. The molecule has 1 amide bonds. The van der Waals surface area contributed by atoms with Crippen molar-refractivity contribution < 1.29 is 13.9 Å². The highest BCUT2D eigenvalue weighted by atomic mass is 19.1. The summed E-state index contributed by atoms with van der Waals surface area (Å²) >= 11 is 0. The summed E-state index contributed by atoms with van der Waals surface area (Å²) in [6.45, 7) is 2.04. The van der Waals surface area contributed by atoms with Crippen LogP contribution in [0.5, 0.6) is 5.88 Å². The Morgan fingerprint density at radius 1 is 1.19 bits per heavy atom. The minimum Gasteiger partial charge on any atom is -0.474 e. The number of carbonyl (C=O) groups excluding carboxylic acids is 1. The standard InChI is InChI=1S/C24H21FN4O2/c1-13(29-23(30)15-4-2-14(11-26)3-5-15)22-18-9-17(10-19(18)22)31-24-20-8-16(25)6-7-21(20)27-12-28-24/h2-8,12-13,17-19,22H,9-10H2,1H3,(H,29,30).